The van der Waals surface area contributed by atoms with Gasteiger partial charge >= 0.3 is 0 Å². The highest BCUT2D eigenvalue weighted by Crippen LogP contribution is 2.19. The molecular weight excluding hydrogens is 236 g/mol. The number of rotatable bonds is 3. The van der Waals surface area contributed by atoms with Crippen LogP contribution < -0.4 is 11.1 Å². The summed E-state index contributed by atoms with van der Waals surface area (Å²) < 4.78 is 0. The Morgan fingerprint density at radius 3 is 2.89 bits per heavy atom. The Morgan fingerprint density at radius 2 is 2.16 bits per heavy atom. The van der Waals surface area contributed by atoms with Crippen LogP contribution in [0.15, 0.2) is 47.7 Å². The number of aromatic nitrogens is 1. The first-order valence-electron chi connectivity index (χ1n) is 6.19. The topological polar surface area (TPSA) is 63.3 Å². The summed E-state index contributed by atoms with van der Waals surface area (Å²) in [6.45, 7) is 4.68. The highest BCUT2D eigenvalue weighted by Gasteiger charge is 1.99. The van der Waals surface area contributed by atoms with Gasteiger partial charge in [-0.25, -0.2) is 4.99 Å². The maximum Gasteiger partial charge on any atom is 0.194 e. The van der Waals surface area contributed by atoms with E-state index < -0.39 is 0 Å². The monoisotopic (exact) mass is 254 g/mol. The van der Waals surface area contributed by atoms with Gasteiger partial charge in [0.25, 0.3) is 0 Å². The number of aliphatic imine (C=N–C) groups is 1. The lowest BCUT2D eigenvalue weighted by Gasteiger charge is -2.07. The van der Waals surface area contributed by atoms with E-state index in [1.54, 1.807) is 12.4 Å². The number of guanidine groups is 1. The maximum atomic E-state index is 5.89. The lowest BCUT2D eigenvalue weighted by molar-refractivity contribution is 0.896. The molecule has 0 aliphatic heterocycles. The first-order chi connectivity index (χ1) is 9.15. The molecule has 2 aromatic rings. The molecule has 1 aromatic heterocycles. The highest BCUT2D eigenvalue weighted by molar-refractivity contribution is 5.81. The van der Waals surface area contributed by atoms with Crippen molar-refractivity contribution in [1.29, 1.82) is 0 Å². The predicted octanol–water partition coefficient (Wildman–Crippen LogP) is 2.43. The normalized spacial score (nSPS) is 11.4. The van der Waals surface area contributed by atoms with Gasteiger partial charge in [-0.3, -0.25) is 4.98 Å². The van der Waals surface area contributed by atoms with Crippen molar-refractivity contribution >= 4 is 11.6 Å². The molecule has 0 unspecified atom stereocenters. The number of hydrogen-bond donors (Lipinski definition) is 2. The molecular formula is C15H18N4. The van der Waals surface area contributed by atoms with Crippen LogP contribution in [0, 0.1) is 13.8 Å². The van der Waals surface area contributed by atoms with E-state index in [-0.39, 0.29) is 0 Å². The zero-order valence-corrected chi connectivity index (χ0v) is 11.2. The Labute approximate surface area is 113 Å². The minimum atomic E-state index is 0.414. The molecule has 0 saturated carbocycles. The average Bonchev–Trinajstić information content (AvgIpc) is 2.42. The smallest absolute Gasteiger partial charge is 0.194 e. The van der Waals surface area contributed by atoms with Crippen LogP contribution in [0.3, 0.4) is 0 Å². The zero-order valence-electron chi connectivity index (χ0n) is 11.2. The van der Waals surface area contributed by atoms with Crippen molar-refractivity contribution in [3.63, 3.8) is 0 Å². The molecule has 0 radical (unpaired) electrons. The highest BCUT2D eigenvalue weighted by atomic mass is 15.1. The standard InChI is InChI=1S/C15H18N4/c1-11-5-6-12(2)14(8-11)19-15(16)18-10-13-4-3-7-17-9-13/h3-9H,10H2,1-2H3,(H3,16,18,19). The number of hydrogen-bond acceptors (Lipinski definition) is 2. The van der Waals surface area contributed by atoms with E-state index in [0.29, 0.717) is 12.5 Å². The summed E-state index contributed by atoms with van der Waals surface area (Å²) in [6.07, 6.45) is 3.55. The molecule has 2 rings (SSSR count). The van der Waals surface area contributed by atoms with Crippen molar-refractivity contribution in [2.24, 2.45) is 10.7 Å². The Hall–Kier alpha value is -2.36. The van der Waals surface area contributed by atoms with Crippen LogP contribution >= 0.6 is 0 Å². The van der Waals surface area contributed by atoms with Crippen LogP contribution in [-0.4, -0.2) is 10.9 Å². The summed E-state index contributed by atoms with van der Waals surface area (Å²) in [4.78, 5) is 8.45. The van der Waals surface area contributed by atoms with E-state index in [1.165, 1.54) is 5.56 Å². The number of nitrogens with zero attached hydrogens (tertiary/aromatic N) is 2. The third-order valence-electron chi connectivity index (χ3n) is 2.80. The van der Waals surface area contributed by atoms with Crippen LogP contribution in [0.1, 0.15) is 16.7 Å². The number of aryl methyl sites for hydroxylation is 2. The summed E-state index contributed by atoms with van der Waals surface area (Å²) in [7, 11) is 0. The molecule has 1 heterocycles. The lowest BCUT2D eigenvalue weighted by atomic mass is 10.1. The van der Waals surface area contributed by atoms with Crippen molar-refractivity contribution in [2.75, 3.05) is 0 Å². The molecule has 0 fully saturated rings. The summed E-state index contributed by atoms with van der Waals surface area (Å²) in [5.41, 5.74) is 10.1. The molecule has 0 amide bonds. The quantitative estimate of drug-likeness (QED) is 0.653. The average molecular weight is 254 g/mol. The molecule has 98 valence electrons. The fourth-order valence-corrected chi connectivity index (χ4v) is 1.70. The molecule has 0 spiro atoms. The fraction of sp³-hybridized carbons (Fsp3) is 0.200. The van der Waals surface area contributed by atoms with Crippen LogP contribution in [0.4, 0.5) is 5.69 Å². The Balaban J connectivity index is 2.05. The molecule has 0 bridgehead atoms. The molecule has 0 aliphatic carbocycles. The number of nitrogens with one attached hydrogen (secondary N) is 1. The van der Waals surface area contributed by atoms with Gasteiger partial charge in [0.15, 0.2) is 5.96 Å². The second-order valence-corrected chi connectivity index (χ2v) is 4.50. The minimum Gasteiger partial charge on any atom is -0.370 e. The van der Waals surface area contributed by atoms with Gasteiger partial charge in [0.05, 0.1) is 5.69 Å². The van der Waals surface area contributed by atoms with E-state index >= 15 is 0 Å². The lowest BCUT2D eigenvalue weighted by Crippen LogP contribution is -2.30. The number of nitrogens with two attached hydrogens (primary N) is 1. The van der Waals surface area contributed by atoms with Gasteiger partial charge in [0.1, 0.15) is 0 Å². The van der Waals surface area contributed by atoms with Gasteiger partial charge in [0.2, 0.25) is 0 Å². The van der Waals surface area contributed by atoms with Crippen molar-refractivity contribution < 1.29 is 0 Å². The molecule has 1 aromatic carbocycles. The minimum absolute atomic E-state index is 0.414. The molecule has 4 nitrogen and oxygen atoms in total. The van der Waals surface area contributed by atoms with E-state index in [4.69, 9.17) is 5.73 Å². The van der Waals surface area contributed by atoms with Crippen LogP contribution in [-0.2, 0) is 6.54 Å². The molecule has 19 heavy (non-hydrogen) atoms. The molecule has 0 aliphatic rings. The Bertz CT molecular complexity index is 576. The molecule has 0 saturated heterocycles. The van der Waals surface area contributed by atoms with Crippen molar-refractivity contribution in [3.8, 4) is 0 Å². The second-order valence-electron chi connectivity index (χ2n) is 4.50. The third-order valence-corrected chi connectivity index (χ3v) is 2.80. The van der Waals surface area contributed by atoms with Crippen LogP contribution in [0.5, 0.6) is 0 Å². The zero-order chi connectivity index (χ0) is 13.7. The predicted molar refractivity (Wildman–Crippen MR) is 78.3 cm³/mol. The van der Waals surface area contributed by atoms with Gasteiger partial charge in [-0.1, -0.05) is 18.2 Å². The second kappa shape index (κ2) is 6.00. The van der Waals surface area contributed by atoms with E-state index in [0.717, 1.165) is 16.8 Å². The summed E-state index contributed by atoms with van der Waals surface area (Å²) in [5.74, 6) is 0.414. The van der Waals surface area contributed by atoms with Gasteiger partial charge < -0.3 is 11.1 Å². The summed E-state index contributed by atoms with van der Waals surface area (Å²) >= 11 is 0. The Kier molecular flexibility index (Phi) is 4.13. The van der Waals surface area contributed by atoms with Crippen LogP contribution in [0.2, 0.25) is 0 Å². The largest absolute Gasteiger partial charge is 0.370 e. The fourth-order valence-electron chi connectivity index (χ4n) is 1.70. The first-order valence-corrected chi connectivity index (χ1v) is 6.19. The van der Waals surface area contributed by atoms with Crippen LogP contribution in [0.25, 0.3) is 0 Å². The molecule has 4 heteroatoms. The summed E-state index contributed by atoms with van der Waals surface area (Å²) in [5, 5.41) is 3.08. The molecule has 3 N–H and O–H groups in total. The van der Waals surface area contributed by atoms with E-state index in [9.17, 15) is 0 Å². The van der Waals surface area contributed by atoms with E-state index in [1.807, 2.05) is 38.1 Å². The number of pyridine rings is 1. The summed E-state index contributed by atoms with van der Waals surface area (Å²) in [6, 6.07) is 10.0. The van der Waals surface area contributed by atoms with Gasteiger partial charge in [0, 0.05) is 18.9 Å². The molecule has 0 atom stereocenters. The van der Waals surface area contributed by atoms with Crippen molar-refractivity contribution in [2.45, 2.75) is 20.4 Å². The van der Waals surface area contributed by atoms with Crippen molar-refractivity contribution in [1.82, 2.24) is 10.3 Å². The van der Waals surface area contributed by atoms with Gasteiger partial charge in [-0.05, 0) is 42.7 Å². The SMILES string of the molecule is Cc1ccc(C)c(/N=C(/N)NCc2cccnc2)c1. The maximum absolute atomic E-state index is 5.89. The Morgan fingerprint density at radius 1 is 1.32 bits per heavy atom. The third kappa shape index (κ3) is 3.81. The number of benzene rings is 1. The van der Waals surface area contributed by atoms with E-state index in [2.05, 4.69) is 21.4 Å². The van der Waals surface area contributed by atoms with Gasteiger partial charge in [-0.15, -0.1) is 0 Å². The van der Waals surface area contributed by atoms with Gasteiger partial charge in [-0.2, -0.15) is 0 Å². The van der Waals surface area contributed by atoms with Crippen molar-refractivity contribution in [3.05, 3.63) is 59.4 Å². The first kappa shape index (κ1) is 13.1.